The summed E-state index contributed by atoms with van der Waals surface area (Å²) in [5.74, 6) is -0.377. The normalized spacial score (nSPS) is 10.1. The molecule has 0 heterocycles. The van der Waals surface area contributed by atoms with Gasteiger partial charge in [0.2, 0.25) is 0 Å². The molecular weight excluding hydrogens is 225 g/mol. The van der Waals surface area contributed by atoms with Gasteiger partial charge < -0.3 is 5.32 Å². The molecule has 0 aliphatic rings. The molecule has 0 saturated heterocycles. The Morgan fingerprint density at radius 3 is 2.81 bits per heavy atom. The van der Waals surface area contributed by atoms with E-state index in [2.05, 4.69) is 11.9 Å². The first kappa shape index (κ1) is 13.0. The van der Waals surface area contributed by atoms with Gasteiger partial charge in [0.05, 0.1) is 5.02 Å². The molecule has 1 nitrogen and oxygen atoms in total. The lowest BCUT2D eigenvalue weighted by Gasteiger charge is -2.06. The van der Waals surface area contributed by atoms with E-state index in [1.165, 1.54) is 18.9 Å². The third-order valence-corrected chi connectivity index (χ3v) is 2.62. The molecule has 0 fully saturated rings. The van der Waals surface area contributed by atoms with E-state index in [1.54, 1.807) is 12.1 Å². The zero-order valence-electron chi connectivity index (χ0n) is 9.31. The van der Waals surface area contributed by atoms with Gasteiger partial charge in [-0.1, -0.05) is 24.1 Å². The van der Waals surface area contributed by atoms with Crippen LogP contribution in [-0.2, 0) is 0 Å². The predicted octanol–water partition coefficient (Wildman–Crippen LogP) is 4.64. The average Bonchev–Trinajstić information content (AvgIpc) is 2.28. The quantitative estimate of drug-likeness (QED) is 0.542. The Labute approximate surface area is 101 Å². The Hall–Kier alpha value is -1.02. The number of nitrogens with one attached hydrogen (secondary N) is 1. The molecule has 0 amide bonds. The summed E-state index contributed by atoms with van der Waals surface area (Å²) in [5, 5.41) is 3.38. The van der Waals surface area contributed by atoms with Gasteiger partial charge in [0, 0.05) is 12.2 Å². The second-order valence-corrected chi connectivity index (χ2v) is 4.10. The highest BCUT2D eigenvalue weighted by Gasteiger charge is 1.99. The van der Waals surface area contributed by atoms with Crippen LogP contribution >= 0.6 is 11.6 Å². The summed E-state index contributed by atoms with van der Waals surface area (Å²) in [6.07, 6.45) is 6.46. The molecule has 1 aromatic carbocycles. The summed E-state index contributed by atoms with van der Waals surface area (Å²) in [5.41, 5.74) is 0.870. The minimum absolute atomic E-state index is 0.164. The summed E-state index contributed by atoms with van der Waals surface area (Å²) in [7, 11) is 0. The molecule has 0 radical (unpaired) electrons. The fourth-order valence-corrected chi connectivity index (χ4v) is 1.61. The van der Waals surface area contributed by atoms with Gasteiger partial charge in [0.25, 0.3) is 0 Å². The molecule has 1 rings (SSSR count). The lowest BCUT2D eigenvalue weighted by atomic mass is 10.2. The summed E-state index contributed by atoms with van der Waals surface area (Å²) in [6, 6.07) is 4.69. The van der Waals surface area contributed by atoms with Crippen molar-refractivity contribution in [2.45, 2.75) is 25.7 Å². The highest BCUT2D eigenvalue weighted by Crippen LogP contribution is 2.19. The van der Waals surface area contributed by atoms with Crippen molar-refractivity contribution in [2.24, 2.45) is 0 Å². The van der Waals surface area contributed by atoms with Gasteiger partial charge in [-0.25, -0.2) is 4.39 Å². The molecule has 0 aliphatic heterocycles. The highest BCUT2D eigenvalue weighted by atomic mass is 35.5. The van der Waals surface area contributed by atoms with Crippen molar-refractivity contribution < 1.29 is 4.39 Å². The van der Waals surface area contributed by atoms with Crippen LogP contribution in [0.1, 0.15) is 25.7 Å². The van der Waals surface area contributed by atoms with Gasteiger partial charge in [-0.15, -0.1) is 6.58 Å². The topological polar surface area (TPSA) is 12.0 Å². The van der Waals surface area contributed by atoms with Crippen LogP contribution in [0, 0.1) is 5.82 Å². The summed E-state index contributed by atoms with van der Waals surface area (Å²) in [6.45, 7) is 4.57. The molecule has 3 heteroatoms. The maximum atomic E-state index is 12.9. The number of halogens is 2. The van der Waals surface area contributed by atoms with E-state index in [4.69, 9.17) is 11.6 Å². The fraction of sp³-hybridized carbons (Fsp3) is 0.385. The second kappa shape index (κ2) is 7.29. The molecule has 0 aliphatic carbocycles. The van der Waals surface area contributed by atoms with Gasteiger partial charge in [0.1, 0.15) is 5.82 Å². The number of benzene rings is 1. The highest BCUT2D eigenvalue weighted by molar-refractivity contribution is 6.31. The van der Waals surface area contributed by atoms with Crippen molar-refractivity contribution in [3.05, 3.63) is 41.7 Å². The van der Waals surface area contributed by atoms with Crippen LogP contribution < -0.4 is 5.32 Å². The number of hydrogen-bond acceptors (Lipinski definition) is 1. The Bertz CT molecular complexity index is 339. The molecule has 0 spiro atoms. The molecule has 16 heavy (non-hydrogen) atoms. The Kier molecular flexibility index (Phi) is 5.94. The minimum Gasteiger partial charge on any atom is -0.385 e. The second-order valence-electron chi connectivity index (χ2n) is 3.69. The zero-order chi connectivity index (χ0) is 11.8. The molecule has 0 bridgehead atoms. The first-order chi connectivity index (χ1) is 7.74. The maximum absolute atomic E-state index is 12.9. The van der Waals surface area contributed by atoms with E-state index >= 15 is 0 Å². The van der Waals surface area contributed by atoms with Crippen LogP contribution in [0.3, 0.4) is 0 Å². The summed E-state index contributed by atoms with van der Waals surface area (Å²) < 4.78 is 12.9. The van der Waals surface area contributed by atoms with Gasteiger partial charge in [-0.2, -0.15) is 0 Å². The molecule has 0 saturated carbocycles. The third-order valence-electron chi connectivity index (χ3n) is 2.33. The van der Waals surface area contributed by atoms with E-state index in [1.807, 2.05) is 6.08 Å². The number of rotatable bonds is 7. The lowest BCUT2D eigenvalue weighted by molar-refractivity contribution is 0.628. The molecular formula is C13H17ClFN. The first-order valence-electron chi connectivity index (χ1n) is 5.54. The SMILES string of the molecule is C=CCCCCCNc1ccc(F)c(Cl)c1. The van der Waals surface area contributed by atoms with Crippen molar-refractivity contribution in [1.29, 1.82) is 0 Å². The number of anilines is 1. The van der Waals surface area contributed by atoms with Crippen LogP contribution in [0.5, 0.6) is 0 Å². The van der Waals surface area contributed by atoms with Crippen LogP contribution in [0.2, 0.25) is 5.02 Å². The molecule has 1 aromatic rings. The first-order valence-corrected chi connectivity index (χ1v) is 5.91. The molecule has 0 aromatic heterocycles. The van der Waals surface area contributed by atoms with Crippen molar-refractivity contribution in [1.82, 2.24) is 0 Å². The van der Waals surface area contributed by atoms with Crippen LogP contribution in [-0.4, -0.2) is 6.54 Å². The van der Waals surface area contributed by atoms with E-state index < -0.39 is 0 Å². The van der Waals surface area contributed by atoms with Crippen molar-refractivity contribution in [2.75, 3.05) is 11.9 Å². The maximum Gasteiger partial charge on any atom is 0.141 e. The van der Waals surface area contributed by atoms with Crippen LogP contribution in [0.25, 0.3) is 0 Å². The Balaban J connectivity index is 2.21. The molecule has 88 valence electrons. The van der Waals surface area contributed by atoms with Gasteiger partial charge in [-0.05, 0) is 37.5 Å². The molecule has 1 N–H and O–H groups in total. The van der Waals surface area contributed by atoms with Gasteiger partial charge in [-0.3, -0.25) is 0 Å². The third kappa shape index (κ3) is 4.67. The van der Waals surface area contributed by atoms with Crippen LogP contribution in [0.15, 0.2) is 30.9 Å². The summed E-state index contributed by atoms with van der Waals surface area (Å²) in [4.78, 5) is 0. The van der Waals surface area contributed by atoms with Crippen LogP contribution in [0.4, 0.5) is 10.1 Å². The van der Waals surface area contributed by atoms with E-state index in [-0.39, 0.29) is 10.8 Å². The number of hydrogen-bond donors (Lipinski definition) is 1. The zero-order valence-corrected chi connectivity index (χ0v) is 10.1. The van der Waals surface area contributed by atoms with Gasteiger partial charge >= 0.3 is 0 Å². The number of allylic oxidation sites excluding steroid dienone is 1. The lowest BCUT2D eigenvalue weighted by Crippen LogP contribution is -2.01. The minimum atomic E-state index is -0.377. The fourth-order valence-electron chi connectivity index (χ4n) is 1.43. The van der Waals surface area contributed by atoms with Crippen molar-refractivity contribution in [3.63, 3.8) is 0 Å². The Morgan fingerprint density at radius 2 is 2.12 bits per heavy atom. The monoisotopic (exact) mass is 241 g/mol. The van der Waals surface area contributed by atoms with Crippen molar-refractivity contribution in [3.8, 4) is 0 Å². The van der Waals surface area contributed by atoms with Crippen molar-refractivity contribution >= 4 is 17.3 Å². The molecule has 0 atom stereocenters. The largest absolute Gasteiger partial charge is 0.385 e. The standard InChI is InChI=1S/C13H17ClFN/c1-2-3-4-5-6-9-16-11-7-8-13(15)12(14)10-11/h2,7-8,10,16H,1,3-6,9H2. The van der Waals surface area contributed by atoms with E-state index in [0.29, 0.717) is 0 Å². The predicted molar refractivity (Wildman–Crippen MR) is 68.6 cm³/mol. The smallest absolute Gasteiger partial charge is 0.141 e. The number of unbranched alkanes of at least 4 members (excludes halogenated alkanes) is 3. The molecule has 0 unspecified atom stereocenters. The Morgan fingerprint density at radius 1 is 1.31 bits per heavy atom. The van der Waals surface area contributed by atoms with E-state index in [0.717, 1.165) is 25.1 Å². The van der Waals surface area contributed by atoms with E-state index in [9.17, 15) is 4.39 Å². The van der Waals surface area contributed by atoms with Gasteiger partial charge in [0.15, 0.2) is 0 Å². The summed E-state index contributed by atoms with van der Waals surface area (Å²) >= 11 is 5.67. The average molecular weight is 242 g/mol.